The van der Waals surface area contributed by atoms with Gasteiger partial charge in [0, 0.05) is 19.1 Å². The van der Waals surface area contributed by atoms with Crippen LogP contribution in [0.3, 0.4) is 0 Å². The minimum absolute atomic E-state index is 0.0291. The van der Waals surface area contributed by atoms with Crippen molar-refractivity contribution in [3.05, 3.63) is 35.1 Å². The Balaban J connectivity index is 2.17. The highest BCUT2D eigenvalue weighted by molar-refractivity contribution is 5.30. The minimum atomic E-state index is -4.54. The van der Waals surface area contributed by atoms with Gasteiger partial charge in [0.15, 0.2) is 0 Å². The van der Waals surface area contributed by atoms with Crippen molar-refractivity contribution < 1.29 is 17.6 Å². The van der Waals surface area contributed by atoms with E-state index in [1.807, 2.05) is 11.8 Å². The third-order valence-corrected chi connectivity index (χ3v) is 3.87. The van der Waals surface area contributed by atoms with Crippen LogP contribution in [0.1, 0.15) is 24.5 Å². The quantitative estimate of drug-likeness (QED) is 0.848. The minimum Gasteiger partial charge on any atom is -0.326 e. The Labute approximate surface area is 115 Å². The Kier molecular flexibility index (Phi) is 4.34. The monoisotopic (exact) mass is 290 g/mol. The van der Waals surface area contributed by atoms with Gasteiger partial charge in [-0.2, -0.15) is 13.2 Å². The Hall–Kier alpha value is -1.14. The van der Waals surface area contributed by atoms with Gasteiger partial charge in [0.2, 0.25) is 0 Å². The molecule has 0 spiro atoms. The van der Waals surface area contributed by atoms with Crippen LogP contribution in [-0.2, 0) is 12.7 Å². The van der Waals surface area contributed by atoms with Gasteiger partial charge in [-0.15, -0.1) is 0 Å². The molecule has 1 aliphatic rings. The molecule has 0 bridgehead atoms. The number of piperidine rings is 1. The van der Waals surface area contributed by atoms with Crippen molar-refractivity contribution in [1.29, 1.82) is 0 Å². The summed E-state index contributed by atoms with van der Waals surface area (Å²) in [6.07, 6.45) is -3.67. The lowest BCUT2D eigenvalue weighted by Gasteiger charge is -2.35. The molecule has 1 fully saturated rings. The van der Waals surface area contributed by atoms with Gasteiger partial charge in [0.1, 0.15) is 5.82 Å². The number of alkyl halides is 3. The average Bonchev–Trinajstić information content (AvgIpc) is 2.35. The number of nitrogens with zero attached hydrogens (tertiary/aromatic N) is 1. The number of nitrogens with two attached hydrogens (primary N) is 1. The van der Waals surface area contributed by atoms with Crippen LogP contribution >= 0.6 is 0 Å². The fourth-order valence-electron chi connectivity index (χ4n) is 2.50. The average molecular weight is 290 g/mol. The fourth-order valence-corrected chi connectivity index (χ4v) is 2.50. The van der Waals surface area contributed by atoms with Crippen LogP contribution in [0.4, 0.5) is 17.6 Å². The van der Waals surface area contributed by atoms with Gasteiger partial charge in [-0.3, -0.25) is 4.90 Å². The molecule has 0 radical (unpaired) electrons. The summed E-state index contributed by atoms with van der Waals surface area (Å²) in [5.74, 6) is -0.494. The van der Waals surface area contributed by atoms with Gasteiger partial charge < -0.3 is 5.73 Å². The molecule has 1 heterocycles. The highest BCUT2D eigenvalue weighted by Gasteiger charge is 2.34. The molecule has 112 valence electrons. The van der Waals surface area contributed by atoms with E-state index in [1.54, 1.807) is 0 Å². The van der Waals surface area contributed by atoms with E-state index < -0.39 is 17.6 Å². The molecule has 2 nitrogen and oxygen atoms in total. The summed E-state index contributed by atoms with van der Waals surface area (Å²) in [6.45, 7) is 3.47. The summed E-state index contributed by atoms with van der Waals surface area (Å²) in [4.78, 5) is 1.90. The molecule has 1 aromatic carbocycles. The maximum Gasteiger partial charge on any atom is 0.416 e. The number of benzene rings is 1. The largest absolute Gasteiger partial charge is 0.416 e. The molecule has 0 saturated carbocycles. The third kappa shape index (κ3) is 3.49. The molecular formula is C14H18F4N2. The zero-order chi connectivity index (χ0) is 14.9. The standard InChI is InChI=1S/C14H18F4N2/c1-9-4-5-20(8-13(9)19)7-10-2-3-11(15)6-12(10)14(16,17)18/h2-3,6,9,13H,4-5,7-8,19H2,1H3. The summed E-state index contributed by atoms with van der Waals surface area (Å²) < 4.78 is 51.8. The van der Waals surface area contributed by atoms with E-state index in [0.717, 1.165) is 12.5 Å². The second kappa shape index (κ2) is 5.69. The van der Waals surface area contributed by atoms with Crippen molar-refractivity contribution in [2.24, 2.45) is 11.7 Å². The summed E-state index contributed by atoms with van der Waals surface area (Å²) in [5, 5.41) is 0. The van der Waals surface area contributed by atoms with Crippen molar-refractivity contribution in [2.45, 2.75) is 32.1 Å². The smallest absolute Gasteiger partial charge is 0.326 e. The van der Waals surface area contributed by atoms with Gasteiger partial charge in [0.25, 0.3) is 0 Å². The highest BCUT2D eigenvalue weighted by atomic mass is 19.4. The second-order valence-corrected chi connectivity index (χ2v) is 5.46. The van der Waals surface area contributed by atoms with Crippen LogP contribution in [0, 0.1) is 11.7 Å². The highest BCUT2D eigenvalue weighted by Crippen LogP contribution is 2.33. The van der Waals surface area contributed by atoms with Crippen molar-refractivity contribution in [2.75, 3.05) is 13.1 Å². The van der Waals surface area contributed by atoms with Crippen LogP contribution in [-0.4, -0.2) is 24.0 Å². The predicted molar refractivity (Wildman–Crippen MR) is 68.4 cm³/mol. The normalized spacial score (nSPS) is 24.9. The molecule has 0 aromatic heterocycles. The third-order valence-electron chi connectivity index (χ3n) is 3.87. The summed E-state index contributed by atoms with van der Waals surface area (Å²) in [7, 11) is 0. The van der Waals surface area contributed by atoms with E-state index >= 15 is 0 Å². The lowest BCUT2D eigenvalue weighted by atomic mass is 9.93. The van der Waals surface area contributed by atoms with Crippen molar-refractivity contribution in [3.63, 3.8) is 0 Å². The molecule has 2 rings (SSSR count). The molecule has 0 amide bonds. The van der Waals surface area contributed by atoms with Gasteiger partial charge >= 0.3 is 6.18 Å². The maximum absolute atomic E-state index is 13.0. The van der Waals surface area contributed by atoms with Gasteiger partial charge in [0.05, 0.1) is 5.56 Å². The second-order valence-electron chi connectivity index (χ2n) is 5.46. The zero-order valence-electron chi connectivity index (χ0n) is 11.3. The predicted octanol–water partition coefficient (Wildman–Crippen LogP) is 3.01. The van der Waals surface area contributed by atoms with Crippen molar-refractivity contribution >= 4 is 0 Å². The summed E-state index contributed by atoms with van der Waals surface area (Å²) in [6, 6.07) is 2.80. The van der Waals surface area contributed by atoms with Crippen LogP contribution < -0.4 is 5.73 Å². The first-order chi connectivity index (χ1) is 9.27. The molecule has 2 unspecified atom stereocenters. The Bertz CT molecular complexity index is 473. The topological polar surface area (TPSA) is 29.3 Å². The van der Waals surface area contributed by atoms with Crippen LogP contribution in [0.5, 0.6) is 0 Å². The molecule has 0 aliphatic carbocycles. The molecule has 1 aliphatic heterocycles. The van der Waals surface area contributed by atoms with E-state index in [-0.39, 0.29) is 18.2 Å². The lowest BCUT2D eigenvalue weighted by Crippen LogP contribution is -2.47. The Morgan fingerprint density at radius 1 is 1.35 bits per heavy atom. The molecule has 1 saturated heterocycles. The zero-order valence-corrected chi connectivity index (χ0v) is 11.3. The number of hydrogen-bond acceptors (Lipinski definition) is 2. The van der Waals surface area contributed by atoms with Gasteiger partial charge in [-0.1, -0.05) is 13.0 Å². The number of halogens is 4. The summed E-state index contributed by atoms with van der Waals surface area (Å²) >= 11 is 0. The SMILES string of the molecule is CC1CCN(Cc2ccc(F)cc2C(F)(F)F)CC1N. The van der Waals surface area contributed by atoms with E-state index in [0.29, 0.717) is 25.1 Å². The van der Waals surface area contributed by atoms with E-state index in [4.69, 9.17) is 5.73 Å². The van der Waals surface area contributed by atoms with Crippen molar-refractivity contribution in [3.8, 4) is 0 Å². The Morgan fingerprint density at radius 3 is 2.65 bits per heavy atom. The van der Waals surface area contributed by atoms with Gasteiger partial charge in [-0.05, 0) is 36.6 Å². The fraction of sp³-hybridized carbons (Fsp3) is 0.571. The molecule has 20 heavy (non-hydrogen) atoms. The molecule has 2 N–H and O–H groups in total. The number of rotatable bonds is 2. The number of hydrogen-bond donors (Lipinski definition) is 1. The first-order valence-corrected chi connectivity index (χ1v) is 6.61. The molecule has 6 heteroatoms. The number of likely N-dealkylation sites (tertiary alicyclic amines) is 1. The molecule has 2 atom stereocenters. The molecule has 1 aromatic rings. The van der Waals surface area contributed by atoms with Gasteiger partial charge in [-0.25, -0.2) is 4.39 Å². The van der Waals surface area contributed by atoms with E-state index in [1.165, 1.54) is 6.07 Å². The van der Waals surface area contributed by atoms with Crippen molar-refractivity contribution in [1.82, 2.24) is 4.90 Å². The van der Waals surface area contributed by atoms with Crippen LogP contribution in [0.2, 0.25) is 0 Å². The Morgan fingerprint density at radius 2 is 2.05 bits per heavy atom. The first-order valence-electron chi connectivity index (χ1n) is 6.61. The summed E-state index contributed by atoms with van der Waals surface area (Å²) in [5.41, 5.74) is 5.15. The molecular weight excluding hydrogens is 272 g/mol. The first kappa shape index (κ1) is 15.3. The maximum atomic E-state index is 13.0. The van der Waals surface area contributed by atoms with E-state index in [2.05, 4.69) is 0 Å². The van der Waals surface area contributed by atoms with Crippen LogP contribution in [0.25, 0.3) is 0 Å². The van der Waals surface area contributed by atoms with E-state index in [9.17, 15) is 17.6 Å². The lowest BCUT2D eigenvalue weighted by molar-refractivity contribution is -0.138. The van der Waals surface area contributed by atoms with Crippen LogP contribution in [0.15, 0.2) is 18.2 Å².